The maximum atomic E-state index is 4.48. The lowest BCUT2D eigenvalue weighted by molar-refractivity contribution is 0.243. The summed E-state index contributed by atoms with van der Waals surface area (Å²) < 4.78 is 0. The van der Waals surface area contributed by atoms with Crippen molar-refractivity contribution in [2.45, 2.75) is 45.1 Å². The molecule has 2 bridgehead atoms. The quantitative estimate of drug-likeness (QED) is 0.867. The third-order valence-electron chi connectivity index (χ3n) is 5.54. The maximum Gasteiger partial charge on any atom is 0.223 e. The number of hydrogen-bond acceptors (Lipinski definition) is 3. The Morgan fingerprint density at radius 2 is 2.06 bits per heavy atom. The van der Waals surface area contributed by atoms with Gasteiger partial charge in [-0.15, -0.1) is 0 Å². The molecule has 1 aromatic heterocycles. The number of aromatic nitrogens is 2. The van der Waals surface area contributed by atoms with Crippen molar-refractivity contribution < 1.29 is 0 Å². The highest BCUT2D eigenvalue weighted by atomic mass is 15.1. The molecule has 3 heteroatoms. The van der Waals surface area contributed by atoms with E-state index in [0.29, 0.717) is 6.04 Å². The molecule has 3 fully saturated rings. The molecule has 18 heavy (non-hydrogen) atoms. The van der Waals surface area contributed by atoms with Crippen LogP contribution in [0.25, 0.3) is 0 Å². The van der Waals surface area contributed by atoms with E-state index in [-0.39, 0.29) is 0 Å². The Kier molecular flexibility index (Phi) is 2.36. The highest BCUT2D eigenvalue weighted by Gasteiger charge is 2.53. The fourth-order valence-electron chi connectivity index (χ4n) is 4.92. The highest BCUT2D eigenvalue weighted by molar-refractivity contribution is 5.29. The minimum atomic E-state index is 0.635. The monoisotopic (exact) mass is 243 g/mol. The van der Waals surface area contributed by atoms with Gasteiger partial charge in [-0.05, 0) is 62.3 Å². The zero-order valence-corrected chi connectivity index (χ0v) is 11.0. The largest absolute Gasteiger partial charge is 0.351 e. The summed E-state index contributed by atoms with van der Waals surface area (Å²) in [5, 5.41) is 3.60. The lowest BCUT2D eigenvalue weighted by Crippen LogP contribution is -2.34. The predicted octanol–water partition coefficient (Wildman–Crippen LogP) is 3.02. The summed E-state index contributed by atoms with van der Waals surface area (Å²) in [7, 11) is 0. The van der Waals surface area contributed by atoms with E-state index in [2.05, 4.69) is 15.3 Å². The Labute approximate surface area is 108 Å². The van der Waals surface area contributed by atoms with Gasteiger partial charge in [0.25, 0.3) is 0 Å². The second-order valence-corrected chi connectivity index (χ2v) is 6.43. The van der Waals surface area contributed by atoms with Crippen LogP contribution in [0.2, 0.25) is 0 Å². The third-order valence-corrected chi connectivity index (χ3v) is 5.54. The van der Waals surface area contributed by atoms with Crippen molar-refractivity contribution in [1.82, 2.24) is 9.97 Å². The Bertz CT molecular complexity index is 459. The average Bonchev–Trinajstić information content (AvgIpc) is 2.99. The van der Waals surface area contributed by atoms with E-state index >= 15 is 0 Å². The van der Waals surface area contributed by atoms with Crippen LogP contribution in [0, 0.1) is 30.6 Å². The second-order valence-electron chi connectivity index (χ2n) is 6.43. The van der Waals surface area contributed by atoms with E-state index in [4.69, 9.17) is 0 Å². The van der Waals surface area contributed by atoms with Crippen molar-refractivity contribution >= 4 is 5.95 Å². The van der Waals surface area contributed by atoms with Gasteiger partial charge in [0, 0.05) is 17.9 Å². The Morgan fingerprint density at radius 3 is 2.94 bits per heavy atom. The first-order valence-corrected chi connectivity index (χ1v) is 7.37. The van der Waals surface area contributed by atoms with Gasteiger partial charge in [-0.3, -0.25) is 0 Å². The first-order chi connectivity index (χ1) is 8.81. The minimum absolute atomic E-state index is 0.635. The van der Waals surface area contributed by atoms with Crippen LogP contribution in [0.15, 0.2) is 12.3 Å². The van der Waals surface area contributed by atoms with Gasteiger partial charge in [-0.25, -0.2) is 9.97 Å². The average molecular weight is 243 g/mol. The smallest absolute Gasteiger partial charge is 0.223 e. The zero-order chi connectivity index (χ0) is 12.1. The Morgan fingerprint density at radius 1 is 1.17 bits per heavy atom. The van der Waals surface area contributed by atoms with Gasteiger partial charge >= 0.3 is 0 Å². The zero-order valence-electron chi connectivity index (χ0n) is 11.0. The number of hydrogen-bond donors (Lipinski definition) is 1. The molecule has 0 spiro atoms. The highest BCUT2D eigenvalue weighted by Crippen LogP contribution is 2.59. The van der Waals surface area contributed by atoms with E-state index in [1.807, 2.05) is 19.2 Å². The molecule has 4 rings (SSSR count). The molecule has 0 saturated heterocycles. The Hall–Kier alpha value is -1.12. The first-order valence-electron chi connectivity index (χ1n) is 7.37. The molecule has 3 saturated carbocycles. The van der Waals surface area contributed by atoms with Gasteiger partial charge in [-0.2, -0.15) is 0 Å². The number of rotatable bonds is 2. The summed E-state index contributed by atoms with van der Waals surface area (Å²) in [5.41, 5.74) is 1.05. The number of fused-ring (bicyclic) bond motifs is 5. The van der Waals surface area contributed by atoms with Crippen molar-refractivity contribution in [3.8, 4) is 0 Å². The summed E-state index contributed by atoms with van der Waals surface area (Å²) in [4.78, 5) is 8.83. The third kappa shape index (κ3) is 1.56. The van der Waals surface area contributed by atoms with Gasteiger partial charge in [0.2, 0.25) is 5.95 Å². The molecule has 0 aliphatic heterocycles. The van der Waals surface area contributed by atoms with Crippen molar-refractivity contribution in [1.29, 1.82) is 0 Å². The molecule has 5 atom stereocenters. The lowest BCUT2D eigenvalue weighted by Gasteiger charge is -2.32. The first kappa shape index (κ1) is 10.8. The van der Waals surface area contributed by atoms with Crippen LogP contribution >= 0.6 is 0 Å². The Balaban J connectivity index is 1.51. The molecule has 0 amide bonds. The molecular weight excluding hydrogens is 222 g/mol. The predicted molar refractivity (Wildman–Crippen MR) is 71.2 cm³/mol. The van der Waals surface area contributed by atoms with E-state index in [1.54, 1.807) is 0 Å². The van der Waals surface area contributed by atoms with Gasteiger partial charge in [0.1, 0.15) is 0 Å². The van der Waals surface area contributed by atoms with Crippen LogP contribution in [0.5, 0.6) is 0 Å². The summed E-state index contributed by atoms with van der Waals surface area (Å²) in [6.07, 6.45) is 9.10. The molecule has 0 radical (unpaired) electrons. The summed E-state index contributed by atoms with van der Waals surface area (Å²) in [6, 6.07) is 2.59. The molecule has 1 N–H and O–H groups in total. The standard InChI is InChI=1S/C15H21N3/c1-9-5-6-16-15(17-9)18-14-8-10-7-13(14)12-4-2-3-11(10)12/h5-6,10-14H,2-4,7-8H2,1H3,(H,16,17,18)/t10-,11+,12+,13+,14-/m1/s1. The van der Waals surface area contributed by atoms with Gasteiger partial charge in [-0.1, -0.05) is 6.42 Å². The van der Waals surface area contributed by atoms with E-state index in [0.717, 1.165) is 35.3 Å². The molecule has 3 nitrogen and oxygen atoms in total. The molecule has 3 aliphatic rings. The van der Waals surface area contributed by atoms with E-state index in [1.165, 1.54) is 32.1 Å². The van der Waals surface area contributed by atoms with Gasteiger partial charge < -0.3 is 5.32 Å². The van der Waals surface area contributed by atoms with Crippen molar-refractivity contribution in [3.63, 3.8) is 0 Å². The fourth-order valence-corrected chi connectivity index (χ4v) is 4.92. The van der Waals surface area contributed by atoms with Crippen LogP contribution in [0.4, 0.5) is 5.95 Å². The summed E-state index contributed by atoms with van der Waals surface area (Å²) in [5.74, 6) is 4.79. The fraction of sp³-hybridized carbons (Fsp3) is 0.733. The summed E-state index contributed by atoms with van der Waals surface area (Å²) in [6.45, 7) is 2.03. The van der Waals surface area contributed by atoms with Crippen LogP contribution in [-0.2, 0) is 0 Å². The van der Waals surface area contributed by atoms with Crippen molar-refractivity contribution in [2.75, 3.05) is 5.32 Å². The number of nitrogens with zero attached hydrogens (tertiary/aromatic N) is 2. The van der Waals surface area contributed by atoms with Crippen LogP contribution in [-0.4, -0.2) is 16.0 Å². The topological polar surface area (TPSA) is 37.8 Å². The normalized spacial score (nSPS) is 41.1. The second kappa shape index (κ2) is 3.94. The molecule has 3 aliphatic carbocycles. The van der Waals surface area contributed by atoms with E-state index < -0.39 is 0 Å². The molecule has 96 valence electrons. The molecular formula is C15H21N3. The van der Waals surface area contributed by atoms with Crippen LogP contribution in [0.3, 0.4) is 0 Å². The molecule has 0 unspecified atom stereocenters. The summed E-state index contributed by atoms with van der Waals surface area (Å²) >= 11 is 0. The molecule has 0 aromatic carbocycles. The van der Waals surface area contributed by atoms with Crippen molar-refractivity contribution in [2.24, 2.45) is 23.7 Å². The molecule has 1 aromatic rings. The van der Waals surface area contributed by atoms with Crippen LogP contribution < -0.4 is 5.32 Å². The molecule has 1 heterocycles. The van der Waals surface area contributed by atoms with Gasteiger partial charge in [0.15, 0.2) is 0 Å². The number of aryl methyl sites for hydroxylation is 1. The minimum Gasteiger partial charge on any atom is -0.351 e. The van der Waals surface area contributed by atoms with Gasteiger partial charge in [0.05, 0.1) is 0 Å². The maximum absolute atomic E-state index is 4.48. The number of anilines is 1. The number of nitrogens with one attached hydrogen (secondary N) is 1. The SMILES string of the molecule is Cc1ccnc(N[C@@H]2C[C@H]3C[C@H]2[C@H]2CCC[C@@H]32)n1. The van der Waals surface area contributed by atoms with Crippen LogP contribution in [0.1, 0.15) is 37.8 Å². The van der Waals surface area contributed by atoms with E-state index in [9.17, 15) is 0 Å². The lowest BCUT2D eigenvalue weighted by atomic mass is 9.79. The van der Waals surface area contributed by atoms with Crippen molar-refractivity contribution in [3.05, 3.63) is 18.0 Å².